The fraction of sp³-hybridized carbons (Fsp3) is 0.286. The molecule has 39 heavy (non-hydrogen) atoms. The molecule has 0 saturated heterocycles. The predicted molar refractivity (Wildman–Crippen MR) is 147 cm³/mol. The highest BCUT2D eigenvalue weighted by molar-refractivity contribution is 7.17. The number of carbonyl (C=O) groups excluding carboxylic acids is 2. The minimum Gasteiger partial charge on any atom is -0.352 e. The summed E-state index contributed by atoms with van der Waals surface area (Å²) in [4.78, 5) is 50.9. The van der Waals surface area contributed by atoms with Gasteiger partial charge in [0.2, 0.25) is 11.8 Å². The highest BCUT2D eigenvalue weighted by atomic mass is 32.1. The van der Waals surface area contributed by atoms with Gasteiger partial charge in [0.15, 0.2) is 0 Å². The Balaban J connectivity index is 1.34. The number of nitrogens with one attached hydrogen (secondary N) is 2. The van der Waals surface area contributed by atoms with Crippen LogP contribution < -0.4 is 21.9 Å². The molecule has 2 amide bonds. The maximum atomic E-state index is 13.8. The second-order valence-corrected chi connectivity index (χ2v) is 10.1. The lowest BCUT2D eigenvalue weighted by atomic mass is 10.1. The number of amides is 2. The van der Waals surface area contributed by atoms with Crippen LogP contribution in [0.2, 0.25) is 0 Å². The summed E-state index contributed by atoms with van der Waals surface area (Å²) in [5.41, 5.74) is 0.862. The Kier molecular flexibility index (Phi) is 9.03. The normalized spacial score (nSPS) is 11.1. The lowest BCUT2D eigenvalue weighted by Gasteiger charge is -2.13. The number of unbranched alkanes of at least 4 members (excludes halogenated alkanes) is 2. The summed E-state index contributed by atoms with van der Waals surface area (Å²) >= 11 is 1.19. The van der Waals surface area contributed by atoms with Gasteiger partial charge in [-0.15, -0.1) is 11.3 Å². The Hall–Kier alpha value is -4.12. The van der Waals surface area contributed by atoms with E-state index in [0.29, 0.717) is 41.6 Å². The largest absolute Gasteiger partial charge is 0.352 e. The fourth-order valence-corrected chi connectivity index (χ4v) is 4.96. The molecule has 0 saturated carbocycles. The number of carbonyl (C=O) groups is 2. The minimum absolute atomic E-state index is 0.140. The van der Waals surface area contributed by atoms with E-state index < -0.39 is 23.0 Å². The van der Waals surface area contributed by atoms with Crippen LogP contribution in [0.25, 0.3) is 10.2 Å². The van der Waals surface area contributed by atoms with Crippen molar-refractivity contribution in [1.29, 1.82) is 0 Å². The maximum absolute atomic E-state index is 13.8. The summed E-state index contributed by atoms with van der Waals surface area (Å²) in [5.74, 6) is -1.46. The van der Waals surface area contributed by atoms with Crippen molar-refractivity contribution in [1.82, 2.24) is 14.5 Å². The highest BCUT2D eigenvalue weighted by Gasteiger charge is 2.17. The number of aromatic nitrogens is 2. The smallest absolute Gasteiger partial charge is 0.332 e. The first-order valence-corrected chi connectivity index (χ1v) is 13.4. The molecule has 0 aliphatic rings. The Morgan fingerprint density at radius 2 is 1.69 bits per heavy atom. The van der Waals surface area contributed by atoms with E-state index in [1.54, 1.807) is 42.6 Å². The minimum atomic E-state index is -0.604. The molecule has 0 aliphatic heterocycles. The number of anilines is 1. The number of rotatable bonds is 11. The van der Waals surface area contributed by atoms with E-state index in [-0.39, 0.29) is 36.9 Å². The molecule has 0 bridgehead atoms. The molecule has 2 aromatic carbocycles. The van der Waals surface area contributed by atoms with Crippen molar-refractivity contribution >= 4 is 39.1 Å². The van der Waals surface area contributed by atoms with Gasteiger partial charge in [0.1, 0.15) is 22.9 Å². The topological polar surface area (TPSA) is 102 Å². The zero-order valence-corrected chi connectivity index (χ0v) is 22.2. The van der Waals surface area contributed by atoms with Gasteiger partial charge in [-0.2, -0.15) is 0 Å². The van der Waals surface area contributed by atoms with Crippen LogP contribution in [0.5, 0.6) is 0 Å². The van der Waals surface area contributed by atoms with Gasteiger partial charge >= 0.3 is 5.69 Å². The summed E-state index contributed by atoms with van der Waals surface area (Å²) in [6.07, 6.45) is 1.95. The number of hydrogen-bond donors (Lipinski definition) is 2. The molecule has 0 atom stereocenters. The fourth-order valence-electron chi connectivity index (χ4n) is 4.12. The average Bonchev–Trinajstić information content (AvgIpc) is 3.40. The summed E-state index contributed by atoms with van der Waals surface area (Å²) in [7, 11) is 0. The van der Waals surface area contributed by atoms with Crippen LogP contribution in [0.15, 0.2) is 63.5 Å². The number of fused-ring (bicyclic) bond motifs is 1. The molecule has 2 N–H and O–H groups in total. The van der Waals surface area contributed by atoms with E-state index >= 15 is 0 Å². The monoisotopic (exact) mass is 554 g/mol. The van der Waals surface area contributed by atoms with Gasteiger partial charge in [0, 0.05) is 25.2 Å². The lowest BCUT2D eigenvalue weighted by Crippen LogP contribution is -2.41. The molecule has 4 aromatic rings. The molecular formula is C28H28F2N4O4S. The average molecular weight is 555 g/mol. The number of thiophene rings is 1. The number of benzene rings is 2. The first-order chi connectivity index (χ1) is 18.7. The van der Waals surface area contributed by atoms with Crippen LogP contribution in [0.1, 0.15) is 36.8 Å². The first-order valence-electron chi connectivity index (χ1n) is 12.5. The molecule has 8 nitrogen and oxygen atoms in total. The molecule has 2 aromatic heterocycles. The summed E-state index contributed by atoms with van der Waals surface area (Å²) in [5, 5.41) is 7.06. The van der Waals surface area contributed by atoms with Gasteiger partial charge < -0.3 is 10.6 Å². The molecule has 11 heteroatoms. The number of nitrogens with zero attached hydrogens (tertiary/aromatic N) is 2. The number of aryl methyl sites for hydroxylation is 1. The lowest BCUT2D eigenvalue weighted by molar-refractivity contribution is -0.121. The van der Waals surface area contributed by atoms with Crippen molar-refractivity contribution in [3.63, 3.8) is 0 Å². The standard InChI is InChI=1S/C28H28F2N4O4S/c1-18-6-11-21(15-22(18)30)32-25(36)17-34-23-12-14-39-26(23)27(37)33(28(34)38)13-4-2-3-5-24(35)31-16-19-7-9-20(29)10-8-19/h6-12,14-15H,2-5,13,16-17H2,1H3,(H,31,35)(H,32,36). The van der Waals surface area contributed by atoms with E-state index in [9.17, 15) is 28.0 Å². The zero-order chi connectivity index (χ0) is 27.9. The second-order valence-electron chi connectivity index (χ2n) is 9.19. The molecule has 0 radical (unpaired) electrons. The Morgan fingerprint density at radius 1 is 0.923 bits per heavy atom. The Bertz CT molecular complexity index is 1610. The molecule has 2 heterocycles. The quantitative estimate of drug-likeness (QED) is 0.270. The van der Waals surface area contributed by atoms with Gasteiger partial charge in [0.25, 0.3) is 5.56 Å². The van der Waals surface area contributed by atoms with Crippen molar-refractivity contribution in [2.75, 3.05) is 5.32 Å². The Morgan fingerprint density at radius 3 is 2.44 bits per heavy atom. The van der Waals surface area contributed by atoms with Gasteiger partial charge in [-0.1, -0.05) is 24.6 Å². The Labute approximate surface area is 226 Å². The first kappa shape index (κ1) is 27.9. The zero-order valence-electron chi connectivity index (χ0n) is 21.3. The van der Waals surface area contributed by atoms with E-state index in [4.69, 9.17) is 0 Å². The van der Waals surface area contributed by atoms with Crippen molar-refractivity contribution in [2.45, 2.75) is 52.2 Å². The molecular weight excluding hydrogens is 526 g/mol. The van der Waals surface area contributed by atoms with Crippen LogP contribution in [-0.2, 0) is 29.2 Å². The number of hydrogen-bond acceptors (Lipinski definition) is 5. The SMILES string of the molecule is Cc1ccc(NC(=O)Cn2c(=O)n(CCCCCC(=O)NCc3ccc(F)cc3)c(=O)c3sccc32)cc1F. The van der Waals surface area contributed by atoms with Crippen LogP contribution in [0.3, 0.4) is 0 Å². The third kappa shape index (κ3) is 7.05. The third-order valence-corrected chi connectivity index (χ3v) is 7.17. The van der Waals surface area contributed by atoms with Crippen LogP contribution in [0.4, 0.5) is 14.5 Å². The third-order valence-electron chi connectivity index (χ3n) is 6.28. The van der Waals surface area contributed by atoms with Gasteiger partial charge in [-0.05, 0) is 66.6 Å². The molecule has 204 valence electrons. The predicted octanol–water partition coefficient (Wildman–Crippen LogP) is 4.33. The van der Waals surface area contributed by atoms with E-state index in [2.05, 4.69) is 10.6 Å². The van der Waals surface area contributed by atoms with Crippen LogP contribution in [-0.4, -0.2) is 20.9 Å². The van der Waals surface area contributed by atoms with Gasteiger partial charge in [-0.3, -0.25) is 23.5 Å². The maximum Gasteiger partial charge on any atom is 0.332 e. The summed E-state index contributed by atoms with van der Waals surface area (Å²) in [6.45, 7) is 1.73. The summed E-state index contributed by atoms with van der Waals surface area (Å²) in [6, 6.07) is 11.8. The van der Waals surface area contributed by atoms with E-state index in [1.807, 2.05) is 0 Å². The van der Waals surface area contributed by atoms with Gasteiger partial charge in [-0.25, -0.2) is 13.6 Å². The van der Waals surface area contributed by atoms with Gasteiger partial charge in [0.05, 0.1) is 5.52 Å². The molecule has 0 aliphatic carbocycles. The molecule has 0 unspecified atom stereocenters. The van der Waals surface area contributed by atoms with E-state index in [0.717, 1.165) is 10.1 Å². The molecule has 0 fully saturated rings. The van der Waals surface area contributed by atoms with Crippen LogP contribution >= 0.6 is 11.3 Å². The van der Waals surface area contributed by atoms with Crippen LogP contribution in [0, 0.1) is 18.6 Å². The van der Waals surface area contributed by atoms with Crippen molar-refractivity contribution < 1.29 is 18.4 Å². The van der Waals surface area contributed by atoms with Crippen molar-refractivity contribution in [2.24, 2.45) is 0 Å². The summed E-state index contributed by atoms with van der Waals surface area (Å²) < 4.78 is 29.6. The van der Waals surface area contributed by atoms with Crippen molar-refractivity contribution in [3.05, 3.63) is 97.5 Å². The molecule has 4 rings (SSSR count). The van der Waals surface area contributed by atoms with Crippen molar-refractivity contribution in [3.8, 4) is 0 Å². The second kappa shape index (κ2) is 12.6. The van der Waals surface area contributed by atoms with E-state index in [1.165, 1.54) is 34.1 Å². The molecule has 0 spiro atoms. The number of halogens is 2. The highest BCUT2D eigenvalue weighted by Crippen LogP contribution is 2.17.